The lowest BCUT2D eigenvalue weighted by Crippen LogP contribution is -2.21. The van der Waals surface area contributed by atoms with Crippen molar-refractivity contribution in [3.05, 3.63) is 41.1 Å². The number of fused-ring (bicyclic) bond motifs is 1. The molecule has 32 heavy (non-hydrogen) atoms. The lowest BCUT2D eigenvalue weighted by molar-refractivity contribution is -0.115. The fraction of sp³-hybridized carbons (Fsp3) is 0.409. The number of hydrogen-bond acceptors (Lipinski definition) is 6. The number of rotatable bonds is 8. The van der Waals surface area contributed by atoms with Gasteiger partial charge in [-0.25, -0.2) is 9.98 Å². The van der Waals surface area contributed by atoms with Crippen molar-refractivity contribution in [1.82, 2.24) is 10.3 Å². The summed E-state index contributed by atoms with van der Waals surface area (Å²) in [7, 11) is 0. The molecule has 10 heteroatoms. The summed E-state index contributed by atoms with van der Waals surface area (Å²) < 4.78 is 37.7. The predicted octanol–water partition coefficient (Wildman–Crippen LogP) is 6.23. The average Bonchev–Trinajstić information content (AvgIpc) is 3.15. The van der Waals surface area contributed by atoms with Gasteiger partial charge < -0.3 is 15.7 Å². The number of carbonyl (C=O) groups is 1. The molecule has 0 aliphatic carbocycles. The van der Waals surface area contributed by atoms with E-state index in [1.165, 1.54) is 18.6 Å². The summed E-state index contributed by atoms with van der Waals surface area (Å²) in [6, 6.07) is 1.41. The molecule has 0 aliphatic heterocycles. The summed E-state index contributed by atoms with van der Waals surface area (Å²) in [4.78, 5) is 20.4. The van der Waals surface area contributed by atoms with Crippen LogP contribution in [0.2, 0.25) is 0 Å². The number of allylic oxidation sites excluding steroid dienone is 2. The minimum atomic E-state index is -4.39. The topological polar surface area (TPSA) is 86.6 Å². The van der Waals surface area contributed by atoms with Gasteiger partial charge in [0.2, 0.25) is 0 Å². The van der Waals surface area contributed by atoms with Crippen LogP contribution in [0.15, 0.2) is 41.2 Å². The number of anilines is 1. The van der Waals surface area contributed by atoms with Crippen molar-refractivity contribution in [1.29, 1.82) is 0 Å². The number of aromatic nitrogens is 1. The molecule has 0 aliphatic rings. The van der Waals surface area contributed by atoms with Crippen molar-refractivity contribution >= 4 is 45.6 Å². The molecule has 6 nitrogen and oxygen atoms in total. The second-order valence-electron chi connectivity index (χ2n) is 5.69. The molecule has 0 aromatic carbocycles. The molecule has 3 N–H and O–H groups in total. The molecule has 178 valence electrons. The van der Waals surface area contributed by atoms with E-state index >= 15 is 0 Å². The molecule has 0 bridgehead atoms. The lowest BCUT2D eigenvalue weighted by Gasteiger charge is -2.10. The molecule has 0 saturated heterocycles. The van der Waals surface area contributed by atoms with Crippen molar-refractivity contribution < 1.29 is 23.1 Å². The van der Waals surface area contributed by atoms with Crippen LogP contribution in [0.1, 0.15) is 51.2 Å². The first-order valence-electron chi connectivity index (χ1n) is 10.2. The maximum Gasteiger partial charge on any atom is 0.405 e. The minimum absolute atomic E-state index is 0.194. The second-order valence-corrected chi connectivity index (χ2v) is 6.72. The Hall–Kier alpha value is -2.72. The van der Waals surface area contributed by atoms with E-state index in [9.17, 15) is 23.1 Å². The molecular formula is C22H31F3N4O2S. The number of nitrogens with zero attached hydrogens (tertiary/aromatic N) is 2. The van der Waals surface area contributed by atoms with E-state index in [1.54, 1.807) is 32.1 Å². The standard InChI is InChI=1S/C18H19F3N4O2S.2C2H6/c1-3-12(5-4-11(2)27)24-10-25-16-14(8-26)28-17-15(16)13(6-7-22-17)23-9-18(19,20)21;2*1-2/h3-8,10-11,27H,9H2,1-2H3,(H,22,23)(H,24,25);2*1-2H3/b5-4-,12-3+;;. The van der Waals surface area contributed by atoms with Crippen LogP contribution in [0.25, 0.3) is 10.2 Å². The molecule has 0 saturated carbocycles. The summed E-state index contributed by atoms with van der Waals surface area (Å²) >= 11 is 1.05. The number of nitrogens with one attached hydrogen (secondary N) is 2. The van der Waals surface area contributed by atoms with Gasteiger partial charge in [-0.3, -0.25) is 4.79 Å². The first-order chi connectivity index (χ1) is 15.2. The number of aliphatic imine (C=N–C) groups is 1. The van der Waals surface area contributed by atoms with Crippen molar-refractivity contribution in [2.24, 2.45) is 4.99 Å². The molecule has 1 atom stereocenters. The zero-order valence-electron chi connectivity index (χ0n) is 19.1. The number of carbonyl (C=O) groups excluding carboxylic acids is 1. The quantitative estimate of drug-likeness (QED) is 0.184. The number of aldehydes is 1. The molecule has 0 spiro atoms. The van der Waals surface area contributed by atoms with Gasteiger partial charge in [0, 0.05) is 17.6 Å². The van der Waals surface area contributed by atoms with Gasteiger partial charge in [0.05, 0.1) is 28.4 Å². The predicted molar refractivity (Wildman–Crippen MR) is 128 cm³/mol. The second kappa shape index (κ2) is 15.1. The molecular weight excluding hydrogens is 441 g/mol. The Morgan fingerprint density at radius 1 is 1.31 bits per heavy atom. The van der Waals surface area contributed by atoms with E-state index in [2.05, 4.69) is 20.6 Å². The van der Waals surface area contributed by atoms with Gasteiger partial charge in [-0.2, -0.15) is 13.2 Å². The zero-order chi connectivity index (χ0) is 24.7. The number of alkyl halides is 3. The summed E-state index contributed by atoms with van der Waals surface area (Å²) in [5, 5.41) is 14.9. The monoisotopic (exact) mass is 472 g/mol. The third-order valence-electron chi connectivity index (χ3n) is 3.47. The van der Waals surface area contributed by atoms with Crippen LogP contribution < -0.4 is 10.6 Å². The number of pyridine rings is 1. The highest BCUT2D eigenvalue weighted by molar-refractivity contribution is 7.21. The minimum Gasteiger partial charge on any atom is -0.389 e. The Morgan fingerprint density at radius 3 is 2.50 bits per heavy atom. The third kappa shape index (κ3) is 9.61. The summed E-state index contributed by atoms with van der Waals surface area (Å²) in [6.07, 6.45) is 3.25. The molecule has 2 heterocycles. The van der Waals surface area contributed by atoms with Crippen LogP contribution in [-0.2, 0) is 0 Å². The van der Waals surface area contributed by atoms with Crippen molar-refractivity contribution in [3.63, 3.8) is 0 Å². The number of hydrogen-bond donors (Lipinski definition) is 3. The first-order valence-corrected chi connectivity index (χ1v) is 11.1. The summed E-state index contributed by atoms with van der Waals surface area (Å²) in [5.74, 6) is 0. The van der Waals surface area contributed by atoms with Gasteiger partial charge in [0.15, 0.2) is 6.29 Å². The number of aliphatic hydroxyl groups excluding tert-OH is 1. The van der Waals surface area contributed by atoms with Crippen LogP contribution in [0.5, 0.6) is 0 Å². The lowest BCUT2D eigenvalue weighted by atomic mass is 10.2. The van der Waals surface area contributed by atoms with Gasteiger partial charge >= 0.3 is 6.18 Å². The van der Waals surface area contributed by atoms with E-state index in [0.717, 1.165) is 11.3 Å². The van der Waals surface area contributed by atoms with Gasteiger partial charge in [-0.15, -0.1) is 11.3 Å². The highest BCUT2D eigenvalue weighted by Gasteiger charge is 2.27. The summed E-state index contributed by atoms with van der Waals surface area (Å²) in [6.45, 7) is 10.2. The Morgan fingerprint density at radius 2 is 1.97 bits per heavy atom. The Balaban J connectivity index is 0.00000227. The van der Waals surface area contributed by atoms with Crippen molar-refractivity contribution in [2.45, 2.75) is 53.8 Å². The van der Waals surface area contributed by atoms with Crippen LogP contribution in [-0.4, -0.2) is 41.5 Å². The maximum atomic E-state index is 12.6. The van der Waals surface area contributed by atoms with Crippen LogP contribution in [0, 0.1) is 0 Å². The normalized spacial score (nSPS) is 12.8. The van der Waals surface area contributed by atoms with E-state index in [-0.39, 0.29) is 16.3 Å². The van der Waals surface area contributed by atoms with Gasteiger partial charge in [0.1, 0.15) is 11.4 Å². The van der Waals surface area contributed by atoms with Gasteiger partial charge in [-0.05, 0) is 26.0 Å². The highest BCUT2D eigenvalue weighted by Crippen LogP contribution is 2.40. The van der Waals surface area contributed by atoms with Crippen LogP contribution >= 0.6 is 11.3 Å². The van der Waals surface area contributed by atoms with Gasteiger partial charge in [-0.1, -0.05) is 39.8 Å². The van der Waals surface area contributed by atoms with Crippen molar-refractivity contribution in [3.8, 4) is 0 Å². The zero-order valence-corrected chi connectivity index (χ0v) is 19.9. The van der Waals surface area contributed by atoms with Crippen LogP contribution in [0.3, 0.4) is 0 Å². The number of thiophene rings is 1. The molecule has 1 unspecified atom stereocenters. The molecule has 0 radical (unpaired) electrons. The molecule has 0 fully saturated rings. The van der Waals surface area contributed by atoms with E-state index in [1.807, 2.05) is 27.7 Å². The molecule has 0 amide bonds. The Labute approximate surface area is 191 Å². The SMILES string of the molecule is C/C=C(\C=C/C(C)O)NC=Nc1c(C=O)sc2nccc(NCC(F)(F)F)c12.CC.CC. The number of aliphatic hydroxyl groups is 1. The summed E-state index contributed by atoms with van der Waals surface area (Å²) in [5.41, 5.74) is 1.07. The number of halogens is 3. The Bertz CT molecular complexity index is 920. The molecule has 2 aromatic heterocycles. The van der Waals surface area contributed by atoms with Crippen LogP contribution in [0.4, 0.5) is 24.5 Å². The first kappa shape index (κ1) is 29.3. The molecule has 2 aromatic rings. The maximum absolute atomic E-state index is 12.6. The smallest absolute Gasteiger partial charge is 0.389 e. The van der Waals surface area contributed by atoms with E-state index in [0.29, 0.717) is 22.2 Å². The van der Waals surface area contributed by atoms with E-state index < -0.39 is 18.8 Å². The largest absolute Gasteiger partial charge is 0.405 e. The van der Waals surface area contributed by atoms with Crippen molar-refractivity contribution in [2.75, 3.05) is 11.9 Å². The molecule has 2 rings (SSSR count). The van der Waals surface area contributed by atoms with E-state index in [4.69, 9.17) is 0 Å². The fourth-order valence-electron chi connectivity index (χ4n) is 2.22. The van der Waals surface area contributed by atoms with Gasteiger partial charge in [0.25, 0.3) is 0 Å². The fourth-order valence-corrected chi connectivity index (χ4v) is 3.15. The Kier molecular flexibility index (Phi) is 13.9. The highest BCUT2D eigenvalue weighted by atomic mass is 32.1. The third-order valence-corrected chi connectivity index (χ3v) is 4.48. The average molecular weight is 473 g/mol.